The molecule has 0 bridgehead atoms. The summed E-state index contributed by atoms with van der Waals surface area (Å²) >= 11 is 0. The monoisotopic (exact) mass is 292 g/mol. The average Bonchev–Trinajstić information content (AvgIpc) is 2.42. The third-order valence-electron chi connectivity index (χ3n) is 2.67. The molecule has 0 fully saturated rings. The lowest BCUT2D eigenvalue weighted by Crippen LogP contribution is -2.01. The number of hydrazone groups is 1. The van der Waals surface area contributed by atoms with Crippen LogP contribution in [0.3, 0.4) is 0 Å². The van der Waals surface area contributed by atoms with E-state index in [0.29, 0.717) is 6.42 Å². The second kappa shape index (κ2) is 7.13. The SMILES string of the molecule is C=C(C)CC/C(C)=N/Nc1ccc([N+](=O)[O-])cc1[N+](=O)[O-]. The van der Waals surface area contributed by atoms with Gasteiger partial charge in [0.15, 0.2) is 0 Å². The molecule has 21 heavy (non-hydrogen) atoms. The van der Waals surface area contributed by atoms with Gasteiger partial charge in [-0.05, 0) is 32.8 Å². The Bertz CT molecular complexity index is 610. The Kier molecular flexibility index (Phi) is 5.53. The topological polar surface area (TPSA) is 111 Å². The fraction of sp³-hybridized carbons (Fsp3) is 0.308. The number of anilines is 1. The zero-order chi connectivity index (χ0) is 16.0. The van der Waals surface area contributed by atoms with Crippen LogP contribution in [0.15, 0.2) is 35.5 Å². The van der Waals surface area contributed by atoms with Gasteiger partial charge in [0.25, 0.3) is 5.69 Å². The molecule has 0 aliphatic carbocycles. The summed E-state index contributed by atoms with van der Waals surface area (Å²) in [6.07, 6.45) is 1.46. The van der Waals surface area contributed by atoms with Gasteiger partial charge < -0.3 is 0 Å². The second-order valence-corrected chi connectivity index (χ2v) is 4.63. The molecular weight excluding hydrogens is 276 g/mol. The smallest absolute Gasteiger partial charge is 0.272 e. The predicted molar refractivity (Wildman–Crippen MR) is 80.5 cm³/mol. The first-order valence-corrected chi connectivity index (χ1v) is 6.17. The summed E-state index contributed by atoms with van der Waals surface area (Å²) in [5.41, 5.74) is 3.74. The number of nitrogens with zero attached hydrogens (tertiary/aromatic N) is 3. The summed E-state index contributed by atoms with van der Waals surface area (Å²) < 4.78 is 0. The van der Waals surface area contributed by atoms with Crippen LogP contribution in [0.4, 0.5) is 17.1 Å². The molecule has 1 rings (SSSR count). The summed E-state index contributed by atoms with van der Waals surface area (Å²) in [6.45, 7) is 7.47. The standard InChI is InChI=1S/C13H16N4O4/c1-9(2)4-5-10(3)14-15-12-7-6-11(16(18)19)8-13(12)17(20)21/h6-8,15H,1,4-5H2,2-3H3/b14-10+. The van der Waals surface area contributed by atoms with Crippen LogP contribution < -0.4 is 5.43 Å². The lowest BCUT2D eigenvalue weighted by atomic mass is 10.1. The molecular formula is C13H16N4O4. The number of rotatable bonds is 7. The fourth-order valence-electron chi connectivity index (χ4n) is 1.49. The summed E-state index contributed by atoms with van der Waals surface area (Å²) in [5.74, 6) is 0. The Morgan fingerprint density at radius 1 is 1.24 bits per heavy atom. The van der Waals surface area contributed by atoms with Crippen molar-refractivity contribution in [2.45, 2.75) is 26.7 Å². The van der Waals surface area contributed by atoms with E-state index in [-0.39, 0.29) is 17.1 Å². The van der Waals surface area contributed by atoms with Crippen molar-refractivity contribution in [3.05, 3.63) is 50.6 Å². The van der Waals surface area contributed by atoms with Crippen LogP contribution in [-0.4, -0.2) is 15.6 Å². The Hall–Kier alpha value is -2.77. The molecule has 1 aromatic rings. The van der Waals surface area contributed by atoms with Crippen LogP contribution in [-0.2, 0) is 0 Å². The second-order valence-electron chi connectivity index (χ2n) is 4.63. The van der Waals surface area contributed by atoms with Crippen LogP contribution in [0.1, 0.15) is 26.7 Å². The Balaban J connectivity index is 2.92. The van der Waals surface area contributed by atoms with Gasteiger partial charge in [-0.3, -0.25) is 25.7 Å². The van der Waals surface area contributed by atoms with E-state index in [9.17, 15) is 20.2 Å². The van der Waals surface area contributed by atoms with E-state index >= 15 is 0 Å². The van der Waals surface area contributed by atoms with Crippen molar-refractivity contribution in [3.63, 3.8) is 0 Å². The number of benzene rings is 1. The highest BCUT2D eigenvalue weighted by Gasteiger charge is 2.19. The molecule has 0 heterocycles. The number of hydrogen-bond donors (Lipinski definition) is 1. The third-order valence-corrected chi connectivity index (χ3v) is 2.67. The van der Waals surface area contributed by atoms with Crippen molar-refractivity contribution in [2.75, 3.05) is 5.43 Å². The first kappa shape index (κ1) is 16.3. The Morgan fingerprint density at radius 2 is 1.90 bits per heavy atom. The molecule has 0 saturated heterocycles. The first-order valence-electron chi connectivity index (χ1n) is 6.17. The van der Waals surface area contributed by atoms with E-state index in [1.165, 1.54) is 12.1 Å². The molecule has 0 atom stereocenters. The first-order chi connectivity index (χ1) is 9.81. The van der Waals surface area contributed by atoms with Gasteiger partial charge in [0.2, 0.25) is 0 Å². The van der Waals surface area contributed by atoms with Crippen LogP contribution in [0.2, 0.25) is 0 Å². The summed E-state index contributed by atoms with van der Waals surface area (Å²) in [6, 6.07) is 3.36. The highest BCUT2D eigenvalue weighted by atomic mass is 16.6. The molecule has 8 nitrogen and oxygen atoms in total. The quantitative estimate of drug-likeness (QED) is 0.357. The number of nitrogens with one attached hydrogen (secondary N) is 1. The third kappa shape index (κ3) is 5.01. The van der Waals surface area contributed by atoms with E-state index in [0.717, 1.165) is 23.8 Å². The van der Waals surface area contributed by atoms with Crippen molar-refractivity contribution in [3.8, 4) is 0 Å². The molecule has 0 spiro atoms. The van der Waals surface area contributed by atoms with Gasteiger partial charge in [-0.2, -0.15) is 5.10 Å². The van der Waals surface area contributed by atoms with Crippen molar-refractivity contribution < 1.29 is 9.85 Å². The van der Waals surface area contributed by atoms with E-state index < -0.39 is 9.85 Å². The van der Waals surface area contributed by atoms with Gasteiger partial charge in [-0.1, -0.05) is 5.57 Å². The zero-order valence-electron chi connectivity index (χ0n) is 11.8. The van der Waals surface area contributed by atoms with Gasteiger partial charge in [-0.15, -0.1) is 6.58 Å². The van der Waals surface area contributed by atoms with E-state index in [4.69, 9.17) is 0 Å². The molecule has 0 unspecified atom stereocenters. The minimum atomic E-state index is -0.686. The molecule has 0 aliphatic heterocycles. The highest BCUT2D eigenvalue weighted by Crippen LogP contribution is 2.28. The van der Waals surface area contributed by atoms with Gasteiger partial charge in [0.1, 0.15) is 5.69 Å². The minimum absolute atomic E-state index is 0.111. The van der Waals surface area contributed by atoms with Gasteiger partial charge in [0, 0.05) is 11.8 Å². The maximum Gasteiger partial charge on any atom is 0.301 e. The Morgan fingerprint density at radius 3 is 2.43 bits per heavy atom. The van der Waals surface area contributed by atoms with E-state index in [1.807, 2.05) is 6.92 Å². The zero-order valence-corrected chi connectivity index (χ0v) is 11.8. The maximum atomic E-state index is 10.9. The molecule has 0 saturated carbocycles. The largest absolute Gasteiger partial charge is 0.301 e. The molecule has 0 amide bonds. The lowest BCUT2D eigenvalue weighted by molar-refractivity contribution is -0.393. The maximum absolute atomic E-state index is 10.9. The normalized spacial score (nSPS) is 11.0. The summed E-state index contributed by atoms with van der Waals surface area (Å²) in [5, 5.41) is 25.6. The number of nitro benzene ring substituents is 2. The van der Waals surface area contributed by atoms with Gasteiger partial charge >= 0.3 is 5.69 Å². The van der Waals surface area contributed by atoms with Crippen LogP contribution in [0, 0.1) is 20.2 Å². The van der Waals surface area contributed by atoms with Gasteiger partial charge in [0.05, 0.1) is 15.9 Å². The number of nitro groups is 2. The average molecular weight is 292 g/mol. The number of allylic oxidation sites excluding steroid dienone is 1. The Labute approximate surface area is 121 Å². The van der Waals surface area contributed by atoms with Crippen molar-refractivity contribution in [1.82, 2.24) is 0 Å². The van der Waals surface area contributed by atoms with E-state index in [1.54, 1.807) is 6.92 Å². The predicted octanol–water partition coefficient (Wildman–Crippen LogP) is 3.65. The van der Waals surface area contributed by atoms with Gasteiger partial charge in [-0.25, -0.2) is 0 Å². The highest BCUT2D eigenvalue weighted by molar-refractivity contribution is 5.83. The molecule has 8 heteroatoms. The minimum Gasteiger partial charge on any atom is -0.272 e. The molecule has 1 N–H and O–H groups in total. The van der Waals surface area contributed by atoms with Crippen LogP contribution in [0.25, 0.3) is 0 Å². The number of non-ortho nitro benzene ring substituents is 1. The molecule has 112 valence electrons. The van der Waals surface area contributed by atoms with Crippen molar-refractivity contribution in [2.24, 2.45) is 5.10 Å². The molecule has 1 aromatic carbocycles. The molecule has 0 aliphatic rings. The van der Waals surface area contributed by atoms with Crippen molar-refractivity contribution >= 4 is 22.8 Å². The lowest BCUT2D eigenvalue weighted by Gasteiger charge is -2.04. The fourth-order valence-corrected chi connectivity index (χ4v) is 1.49. The molecule has 0 radical (unpaired) electrons. The van der Waals surface area contributed by atoms with Crippen LogP contribution in [0.5, 0.6) is 0 Å². The summed E-state index contributed by atoms with van der Waals surface area (Å²) in [7, 11) is 0. The summed E-state index contributed by atoms with van der Waals surface area (Å²) in [4.78, 5) is 20.2. The van der Waals surface area contributed by atoms with Crippen molar-refractivity contribution in [1.29, 1.82) is 0 Å². The molecule has 0 aromatic heterocycles. The number of hydrogen-bond acceptors (Lipinski definition) is 6. The van der Waals surface area contributed by atoms with E-state index in [2.05, 4.69) is 17.1 Å². The van der Waals surface area contributed by atoms with Crippen LogP contribution >= 0.6 is 0 Å².